The maximum absolute atomic E-state index is 6.39. The largest absolute Gasteiger partial charge is 0.486 e. The first-order valence-corrected chi connectivity index (χ1v) is 11.7. The van der Waals surface area contributed by atoms with Crippen molar-refractivity contribution >= 4 is 0 Å². The fourth-order valence-corrected chi connectivity index (χ4v) is 3.85. The van der Waals surface area contributed by atoms with Crippen molar-refractivity contribution in [2.75, 3.05) is 6.61 Å². The van der Waals surface area contributed by atoms with Crippen molar-refractivity contribution < 1.29 is 14.2 Å². The third kappa shape index (κ3) is 5.90. The molecule has 0 fully saturated rings. The van der Waals surface area contributed by atoms with E-state index < -0.39 is 6.29 Å². The van der Waals surface area contributed by atoms with Crippen LogP contribution in [0.1, 0.15) is 0 Å². The van der Waals surface area contributed by atoms with Gasteiger partial charge in [0.25, 0.3) is 6.29 Å². The van der Waals surface area contributed by atoms with Gasteiger partial charge in [-0.1, -0.05) is 109 Å². The average molecular weight is 459 g/mol. The Kier molecular flexibility index (Phi) is 7.06. The highest BCUT2D eigenvalue weighted by Crippen LogP contribution is 2.31. The summed E-state index contributed by atoms with van der Waals surface area (Å²) in [4.78, 5) is 0. The topological polar surface area (TPSA) is 27.7 Å². The Hall–Kier alpha value is -4.50. The van der Waals surface area contributed by atoms with E-state index in [1.54, 1.807) is 0 Å². The van der Waals surface area contributed by atoms with Gasteiger partial charge in [0.1, 0.15) is 17.2 Å². The summed E-state index contributed by atoms with van der Waals surface area (Å²) >= 11 is 0. The molecule has 0 spiro atoms. The van der Waals surface area contributed by atoms with E-state index in [2.05, 4.69) is 42.5 Å². The van der Waals surface area contributed by atoms with E-state index in [1.165, 1.54) is 0 Å². The second-order valence-electron chi connectivity index (χ2n) is 8.04. The molecule has 0 aliphatic heterocycles. The fourth-order valence-electron chi connectivity index (χ4n) is 3.85. The van der Waals surface area contributed by atoms with Gasteiger partial charge in [-0.05, 0) is 47.0 Å². The van der Waals surface area contributed by atoms with E-state index in [9.17, 15) is 0 Å². The predicted octanol–water partition coefficient (Wildman–Crippen LogP) is 7.88. The first-order chi connectivity index (χ1) is 17.3. The molecule has 0 saturated heterocycles. The number of rotatable bonds is 9. The van der Waals surface area contributed by atoms with Crippen LogP contribution >= 0.6 is 0 Å². The molecule has 0 saturated carbocycles. The third-order valence-electron chi connectivity index (χ3n) is 5.59. The molecule has 5 aromatic rings. The molecule has 0 N–H and O–H groups in total. The third-order valence-corrected chi connectivity index (χ3v) is 5.59. The van der Waals surface area contributed by atoms with Gasteiger partial charge in [-0.25, -0.2) is 0 Å². The molecule has 0 aliphatic rings. The van der Waals surface area contributed by atoms with Gasteiger partial charge in [-0.15, -0.1) is 0 Å². The second-order valence-corrected chi connectivity index (χ2v) is 8.04. The van der Waals surface area contributed by atoms with Crippen LogP contribution in [0.2, 0.25) is 0 Å². The van der Waals surface area contributed by atoms with E-state index in [1.807, 2.05) is 97.1 Å². The molecular weight excluding hydrogens is 432 g/mol. The van der Waals surface area contributed by atoms with Crippen molar-refractivity contribution in [3.05, 3.63) is 140 Å². The predicted molar refractivity (Wildman–Crippen MR) is 141 cm³/mol. The summed E-state index contributed by atoms with van der Waals surface area (Å²) in [6.45, 7) is 0.230. The molecule has 35 heavy (non-hydrogen) atoms. The zero-order chi connectivity index (χ0) is 23.7. The van der Waals surface area contributed by atoms with Crippen LogP contribution in [0.3, 0.4) is 0 Å². The summed E-state index contributed by atoms with van der Waals surface area (Å²) in [7, 11) is 0. The van der Waals surface area contributed by atoms with Crippen LogP contribution in [-0.4, -0.2) is 12.9 Å². The summed E-state index contributed by atoms with van der Waals surface area (Å²) < 4.78 is 18.7. The quantitative estimate of drug-likeness (QED) is 0.210. The van der Waals surface area contributed by atoms with Crippen LogP contribution in [0, 0.1) is 0 Å². The molecule has 0 aromatic heterocycles. The molecule has 3 nitrogen and oxygen atoms in total. The van der Waals surface area contributed by atoms with Crippen molar-refractivity contribution in [2.24, 2.45) is 0 Å². The maximum atomic E-state index is 6.39. The Morgan fingerprint density at radius 2 is 0.971 bits per heavy atom. The molecule has 0 aliphatic carbocycles. The van der Waals surface area contributed by atoms with E-state index >= 15 is 0 Å². The van der Waals surface area contributed by atoms with Crippen LogP contribution in [0.5, 0.6) is 17.2 Å². The summed E-state index contributed by atoms with van der Waals surface area (Å²) in [5.41, 5.74) is 4.38. The summed E-state index contributed by atoms with van der Waals surface area (Å²) in [5, 5.41) is 0. The lowest BCUT2D eigenvalue weighted by Crippen LogP contribution is -2.31. The second kappa shape index (κ2) is 11.1. The monoisotopic (exact) mass is 458 g/mol. The van der Waals surface area contributed by atoms with Crippen molar-refractivity contribution in [1.29, 1.82) is 0 Å². The lowest BCUT2D eigenvalue weighted by atomic mass is 10.1. The molecule has 0 heterocycles. The number of ether oxygens (including phenoxy) is 3. The Morgan fingerprint density at radius 1 is 0.429 bits per heavy atom. The van der Waals surface area contributed by atoms with Crippen molar-refractivity contribution in [1.82, 2.24) is 0 Å². The normalized spacial score (nSPS) is 11.4. The zero-order valence-electron chi connectivity index (χ0n) is 19.3. The number of benzene rings is 5. The van der Waals surface area contributed by atoms with Crippen molar-refractivity contribution in [3.8, 4) is 39.5 Å². The van der Waals surface area contributed by atoms with Gasteiger partial charge in [-0.3, -0.25) is 0 Å². The SMILES string of the molecule is c1ccc(OCC(Oc2ccc(-c3ccccc3)cc2)Oc2ccccc2-c2ccccc2)cc1. The van der Waals surface area contributed by atoms with E-state index in [-0.39, 0.29) is 6.61 Å². The number of para-hydroxylation sites is 2. The van der Waals surface area contributed by atoms with E-state index in [0.717, 1.165) is 33.8 Å². The fraction of sp³-hybridized carbons (Fsp3) is 0.0625. The minimum Gasteiger partial charge on any atom is -0.486 e. The standard InChI is InChI=1S/C32H26O3/c1-4-12-25(13-5-1)26-20-22-29(23-21-26)34-32(24-33-28-16-8-3-9-17-28)35-31-19-11-10-18-30(31)27-14-6-2-7-15-27/h1-23,32H,24H2. The molecule has 1 unspecified atom stereocenters. The molecule has 0 amide bonds. The molecular formula is C32H26O3. The van der Waals surface area contributed by atoms with Gasteiger partial charge in [0, 0.05) is 5.56 Å². The Labute approximate surface area is 206 Å². The van der Waals surface area contributed by atoms with Crippen LogP contribution in [0.15, 0.2) is 140 Å². The lowest BCUT2D eigenvalue weighted by molar-refractivity contribution is -0.0273. The number of hydrogen-bond acceptors (Lipinski definition) is 3. The molecule has 3 heteroatoms. The molecule has 172 valence electrons. The van der Waals surface area contributed by atoms with Crippen molar-refractivity contribution in [3.63, 3.8) is 0 Å². The van der Waals surface area contributed by atoms with Crippen LogP contribution in [-0.2, 0) is 0 Å². The molecule has 5 rings (SSSR count). The van der Waals surface area contributed by atoms with Gasteiger partial charge >= 0.3 is 0 Å². The maximum Gasteiger partial charge on any atom is 0.274 e. The van der Waals surface area contributed by atoms with Gasteiger partial charge in [-0.2, -0.15) is 0 Å². The first-order valence-electron chi connectivity index (χ1n) is 11.7. The highest BCUT2D eigenvalue weighted by atomic mass is 16.7. The van der Waals surface area contributed by atoms with E-state index in [4.69, 9.17) is 14.2 Å². The van der Waals surface area contributed by atoms with Crippen LogP contribution in [0.4, 0.5) is 0 Å². The smallest absolute Gasteiger partial charge is 0.274 e. The Bertz CT molecular complexity index is 1320. The minimum atomic E-state index is -0.650. The lowest BCUT2D eigenvalue weighted by Gasteiger charge is -2.22. The molecule has 1 atom stereocenters. The summed E-state index contributed by atoms with van der Waals surface area (Å²) in [5.74, 6) is 2.21. The van der Waals surface area contributed by atoms with Crippen LogP contribution in [0.25, 0.3) is 22.3 Å². The number of hydrogen-bond donors (Lipinski definition) is 0. The highest BCUT2D eigenvalue weighted by Gasteiger charge is 2.17. The Morgan fingerprint density at radius 3 is 1.66 bits per heavy atom. The van der Waals surface area contributed by atoms with Crippen molar-refractivity contribution in [2.45, 2.75) is 6.29 Å². The summed E-state index contributed by atoms with van der Waals surface area (Å²) in [6.07, 6.45) is -0.650. The van der Waals surface area contributed by atoms with Gasteiger partial charge in [0.15, 0.2) is 6.61 Å². The summed E-state index contributed by atoms with van der Waals surface area (Å²) in [6, 6.07) is 46.2. The van der Waals surface area contributed by atoms with E-state index in [0.29, 0.717) is 5.75 Å². The highest BCUT2D eigenvalue weighted by molar-refractivity contribution is 5.70. The first kappa shape index (κ1) is 22.3. The molecule has 0 radical (unpaired) electrons. The Balaban J connectivity index is 1.37. The van der Waals surface area contributed by atoms with Crippen LogP contribution < -0.4 is 14.2 Å². The van der Waals surface area contributed by atoms with Gasteiger partial charge in [0.2, 0.25) is 0 Å². The minimum absolute atomic E-state index is 0.230. The zero-order valence-corrected chi connectivity index (χ0v) is 19.3. The average Bonchev–Trinajstić information content (AvgIpc) is 2.94. The molecule has 0 bridgehead atoms. The van der Waals surface area contributed by atoms with Gasteiger partial charge in [0.05, 0.1) is 0 Å². The molecule has 5 aromatic carbocycles. The van der Waals surface area contributed by atoms with Gasteiger partial charge < -0.3 is 14.2 Å².